The summed E-state index contributed by atoms with van der Waals surface area (Å²) in [7, 11) is 0. The Kier molecular flexibility index (Phi) is 5.71. The van der Waals surface area contributed by atoms with Crippen molar-refractivity contribution in [3.05, 3.63) is 17.5 Å². The summed E-state index contributed by atoms with van der Waals surface area (Å²) >= 11 is 0. The minimum Gasteiger partial charge on any atom is -0.360 e. The number of aromatic nitrogens is 1. The minimum absolute atomic E-state index is 0.0711. The molecule has 2 N–H and O–H groups in total. The molecule has 2 saturated heterocycles. The Hall–Kier alpha value is -1.89. The normalized spacial score (nSPS) is 27.4. The lowest BCUT2D eigenvalue weighted by Crippen LogP contribution is -2.53. The van der Waals surface area contributed by atoms with Crippen molar-refractivity contribution >= 4 is 11.8 Å². The van der Waals surface area contributed by atoms with Gasteiger partial charge in [-0.05, 0) is 64.5 Å². The Balaban J connectivity index is 1.29. The molecular weight excluding hydrogens is 356 g/mol. The van der Waals surface area contributed by atoms with Gasteiger partial charge in [0.25, 0.3) is 5.91 Å². The number of carbonyl (C=O) groups excluding carboxylic acids is 2. The molecule has 154 valence electrons. The Bertz CT molecular complexity index is 708. The van der Waals surface area contributed by atoms with Crippen molar-refractivity contribution in [2.75, 3.05) is 19.6 Å². The van der Waals surface area contributed by atoms with Crippen molar-refractivity contribution in [2.24, 2.45) is 11.8 Å². The van der Waals surface area contributed by atoms with E-state index in [9.17, 15) is 9.59 Å². The molecule has 7 nitrogen and oxygen atoms in total. The van der Waals surface area contributed by atoms with Crippen LogP contribution in [0.4, 0.5) is 0 Å². The molecule has 7 heteroatoms. The third-order valence-corrected chi connectivity index (χ3v) is 6.72. The number of likely N-dealkylation sites (tertiary alicyclic amines) is 1. The van der Waals surface area contributed by atoms with Gasteiger partial charge in [0, 0.05) is 36.5 Å². The fourth-order valence-corrected chi connectivity index (χ4v) is 4.65. The molecule has 0 unspecified atom stereocenters. The molecule has 1 aliphatic carbocycles. The zero-order valence-corrected chi connectivity index (χ0v) is 16.9. The van der Waals surface area contributed by atoms with Crippen LogP contribution in [0.25, 0.3) is 0 Å². The van der Waals surface area contributed by atoms with Crippen LogP contribution in [0, 0.1) is 11.8 Å². The predicted octanol–water partition coefficient (Wildman–Crippen LogP) is 2.30. The van der Waals surface area contributed by atoms with Gasteiger partial charge in [0.1, 0.15) is 5.76 Å². The highest BCUT2D eigenvalue weighted by Gasteiger charge is 2.35. The van der Waals surface area contributed by atoms with Gasteiger partial charge in [0.15, 0.2) is 5.69 Å². The van der Waals surface area contributed by atoms with Gasteiger partial charge in [-0.1, -0.05) is 12.1 Å². The molecule has 3 aliphatic rings. The van der Waals surface area contributed by atoms with Gasteiger partial charge in [-0.3, -0.25) is 9.59 Å². The highest BCUT2D eigenvalue weighted by atomic mass is 16.5. The maximum atomic E-state index is 13.0. The lowest BCUT2D eigenvalue weighted by atomic mass is 9.84. The van der Waals surface area contributed by atoms with Crippen LogP contribution in [0.5, 0.6) is 0 Å². The second-order valence-electron chi connectivity index (χ2n) is 8.84. The van der Waals surface area contributed by atoms with Gasteiger partial charge < -0.3 is 20.1 Å². The molecule has 1 aromatic heterocycles. The first kappa shape index (κ1) is 19.4. The van der Waals surface area contributed by atoms with Crippen molar-refractivity contribution in [1.82, 2.24) is 20.7 Å². The van der Waals surface area contributed by atoms with Gasteiger partial charge in [-0.25, -0.2) is 0 Å². The summed E-state index contributed by atoms with van der Waals surface area (Å²) in [6.07, 6.45) is 5.96. The minimum atomic E-state index is -0.171. The quantitative estimate of drug-likeness (QED) is 0.808. The first-order chi connectivity index (χ1) is 13.5. The first-order valence-corrected chi connectivity index (χ1v) is 10.8. The Labute approximate surface area is 166 Å². The van der Waals surface area contributed by atoms with Gasteiger partial charge >= 0.3 is 0 Å². The zero-order valence-electron chi connectivity index (χ0n) is 16.9. The lowest BCUT2D eigenvalue weighted by molar-refractivity contribution is -0.140. The van der Waals surface area contributed by atoms with E-state index in [2.05, 4.69) is 29.6 Å². The molecule has 0 spiro atoms. The van der Waals surface area contributed by atoms with E-state index in [1.54, 1.807) is 6.07 Å². The molecule has 3 atom stereocenters. The van der Waals surface area contributed by atoms with Crippen LogP contribution in [0.2, 0.25) is 0 Å². The molecular formula is C21H32N4O3. The number of rotatable bonds is 5. The van der Waals surface area contributed by atoms with Crippen LogP contribution in [-0.2, 0) is 4.79 Å². The second kappa shape index (κ2) is 8.23. The fourth-order valence-electron chi connectivity index (χ4n) is 4.65. The van der Waals surface area contributed by atoms with Gasteiger partial charge in [-0.2, -0.15) is 0 Å². The van der Waals surface area contributed by atoms with Crippen LogP contribution in [0.3, 0.4) is 0 Å². The van der Waals surface area contributed by atoms with E-state index in [1.165, 1.54) is 0 Å². The topological polar surface area (TPSA) is 87.5 Å². The number of amides is 2. The van der Waals surface area contributed by atoms with E-state index < -0.39 is 0 Å². The number of carbonyl (C=O) groups is 2. The summed E-state index contributed by atoms with van der Waals surface area (Å²) in [5.41, 5.74) is 0.368. The summed E-state index contributed by atoms with van der Waals surface area (Å²) in [6, 6.07) is 1.98. The maximum Gasteiger partial charge on any atom is 0.273 e. The molecule has 0 radical (unpaired) electrons. The van der Waals surface area contributed by atoms with Crippen molar-refractivity contribution in [3.63, 3.8) is 0 Å². The number of hydrogen-bond donors (Lipinski definition) is 2. The molecule has 2 aliphatic heterocycles. The van der Waals surface area contributed by atoms with Gasteiger partial charge in [-0.15, -0.1) is 0 Å². The molecule has 28 heavy (non-hydrogen) atoms. The molecule has 2 amide bonds. The summed E-state index contributed by atoms with van der Waals surface area (Å²) in [6.45, 7) is 6.90. The van der Waals surface area contributed by atoms with Crippen molar-refractivity contribution in [2.45, 2.75) is 70.4 Å². The zero-order chi connectivity index (χ0) is 19.7. The van der Waals surface area contributed by atoms with Crippen LogP contribution >= 0.6 is 0 Å². The Morgan fingerprint density at radius 2 is 2.00 bits per heavy atom. The Morgan fingerprint density at radius 3 is 2.68 bits per heavy atom. The fraction of sp³-hybridized carbons (Fsp3) is 0.762. The van der Waals surface area contributed by atoms with E-state index in [0.29, 0.717) is 24.1 Å². The standard InChI is InChI=1S/C21H32N4O3/c1-13-11-17(23-20(26)18-12-19(28-24-18)16-3-4-16)7-10-25(13)21(27)14(2)15-5-8-22-9-6-15/h12-17,22H,3-11H2,1-2H3,(H,23,26)/t13-,14+,17-/m0/s1. The van der Waals surface area contributed by atoms with E-state index in [1.807, 2.05) is 4.90 Å². The van der Waals surface area contributed by atoms with Gasteiger partial charge in [0.05, 0.1) is 0 Å². The largest absolute Gasteiger partial charge is 0.360 e. The molecule has 0 aromatic carbocycles. The highest BCUT2D eigenvalue weighted by Crippen LogP contribution is 2.40. The van der Waals surface area contributed by atoms with Crippen LogP contribution in [0.15, 0.2) is 10.6 Å². The van der Waals surface area contributed by atoms with Crippen molar-refractivity contribution < 1.29 is 14.1 Å². The van der Waals surface area contributed by atoms with Crippen LogP contribution in [0.1, 0.15) is 74.5 Å². The SMILES string of the molecule is C[C@@H](C(=O)N1CC[C@H](NC(=O)c2cc(C3CC3)on2)C[C@@H]1C)C1CCNCC1. The number of nitrogens with one attached hydrogen (secondary N) is 2. The third kappa shape index (κ3) is 4.24. The Morgan fingerprint density at radius 1 is 1.25 bits per heavy atom. The third-order valence-electron chi connectivity index (χ3n) is 6.72. The van der Waals surface area contributed by atoms with Crippen LogP contribution in [-0.4, -0.2) is 53.6 Å². The van der Waals surface area contributed by atoms with E-state index >= 15 is 0 Å². The molecule has 0 bridgehead atoms. The smallest absolute Gasteiger partial charge is 0.273 e. The summed E-state index contributed by atoms with van der Waals surface area (Å²) in [4.78, 5) is 27.5. The second-order valence-corrected chi connectivity index (χ2v) is 8.84. The number of hydrogen-bond acceptors (Lipinski definition) is 5. The summed E-state index contributed by atoms with van der Waals surface area (Å²) < 4.78 is 5.28. The lowest BCUT2D eigenvalue weighted by Gasteiger charge is -2.40. The predicted molar refractivity (Wildman–Crippen MR) is 105 cm³/mol. The number of nitrogens with zero attached hydrogens (tertiary/aromatic N) is 2. The molecule has 3 heterocycles. The molecule has 4 rings (SSSR count). The monoisotopic (exact) mass is 388 g/mol. The molecule has 1 saturated carbocycles. The van der Waals surface area contributed by atoms with E-state index in [0.717, 1.165) is 57.4 Å². The summed E-state index contributed by atoms with van der Waals surface area (Å²) in [5.74, 6) is 1.93. The first-order valence-electron chi connectivity index (χ1n) is 10.8. The molecule has 1 aromatic rings. The average Bonchev–Trinajstić information content (AvgIpc) is 3.44. The van der Waals surface area contributed by atoms with E-state index in [-0.39, 0.29) is 29.8 Å². The maximum absolute atomic E-state index is 13.0. The van der Waals surface area contributed by atoms with Crippen molar-refractivity contribution in [1.29, 1.82) is 0 Å². The summed E-state index contributed by atoms with van der Waals surface area (Å²) in [5, 5.41) is 10.4. The van der Waals surface area contributed by atoms with Crippen molar-refractivity contribution in [3.8, 4) is 0 Å². The van der Waals surface area contributed by atoms with Gasteiger partial charge in [0.2, 0.25) is 5.91 Å². The average molecular weight is 389 g/mol. The number of piperidine rings is 2. The van der Waals surface area contributed by atoms with Crippen LogP contribution < -0.4 is 10.6 Å². The highest BCUT2D eigenvalue weighted by molar-refractivity contribution is 5.92. The van der Waals surface area contributed by atoms with E-state index in [4.69, 9.17) is 4.52 Å². The molecule has 3 fully saturated rings.